The Balaban J connectivity index is 4.31. The summed E-state index contributed by atoms with van der Waals surface area (Å²) in [5.41, 5.74) is 15.7. The van der Waals surface area contributed by atoms with Gasteiger partial charge in [0.25, 0.3) is 0 Å². The summed E-state index contributed by atoms with van der Waals surface area (Å²) in [5.74, 6) is -13.2. The van der Waals surface area contributed by atoms with Gasteiger partial charge in [-0.25, -0.2) is 13.9 Å². The van der Waals surface area contributed by atoms with Gasteiger partial charge < -0.3 is 43.4 Å². The fraction of sp³-hybridized carbons (Fsp3) is 0.480. The zero-order valence-electron chi connectivity index (χ0n) is 23.4. The molecule has 0 saturated heterocycles. The van der Waals surface area contributed by atoms with Crippen LogP contribution in [0.15, 0.2) is 24.3 Å². The van der Waals surface area contributed by atoms with Crippen LogP contribution in [0.3, 0.4) is 0 Å². The number of hydrogen-bond acceptors (Lipinski definition) is 14. The zero-order chi connectivity index (χ0) is 34.2. The molecule has 0 aromatic heterocycles. The third-order valence-electron chi connectivity index (χ3n) is 6.81. The van der Waals surface area contributed by atoms with Crippen molar-refractivity contribution in [2.24, 2.45) is 28.3 Å². The zero-order valence-corrected chi connectivity index (χ0v) is 24.3. The summed E-state index contributed by atoms with van der Waals surface area (Å²) in [5, 5.41) is 39.9. The number of carboxylic acid groups (broad SMARTS) is 3. The van der Waals surface area contributed by atoms with E-state index in [0.717, 1.165) is 19.1 Å². The fourth-order valence-corrected chi connectivity index (χ4v) is 5.05. The van der Waals surface area contributed by atoms with E-state index in [2.05, 4.69) is 0 Å². The molecule has 5 atom stereocenters. The number of Topliss-reactive ketones (excluding diaryl/α,β-unsaturated/α-hetero) is 4. The maximum atomic E-state index is 14.5. The van der Waals surface area contributed by atoms with Crippen LogP contribution in [0.2, 0.25) is 0 Å². The van der Waals surface area contributed by atoms with E-state index in [-0.39, 0.29) is 11.3 Å². The van der Waals surface area contributed by atoms with Crippen molar-refractivity contribution in [1.82, 2.24) is 5.09 Å². The van der Waals surface area contributed by atoms with Crippen LogP contribution in [0, 0.1) is 5.41 Å². The van der Waals surface area contributed by atoms with Crippen LogP contribution in [-0.4, -0.2) is 91.2 Å². The molecule has 44 heavy (non-hydrogen) atoms. The van der Waals surface area contributed by atoms with Gasteiger partial charge in [0.05, 0.1) is 24.2 Å². The number of carboxylic acids is 3. The van der Waals surface area contributed by atoms with Gasteiger partial charge in [-0.15, -0.1) is 0 Å². The van der Waals surface area contributed by atoms with Crippen molar-refractivity contribution in [3.8, 4) is 5.75 Å². The van der Waals surface area contributed by atoms with E-state index in [0.29, 0.717) is 0 Å². The molecule has 0 aliphatic heterocycles. The number of hydrogen-bond donors (Lipinski definition) is 9. The van der Waals surface area contributed by atoms with Crippen LogP contribution in [-0.2, 0) is 49.1 Å². The van der Waals surface area contributed by atoms with E-state index in [4.69, 9.17) is 33.1 Å². The molecule has 0 aliphatic rings. The van der Waals surface area contributed by atoms with E-state index in [1.54, 1.807) is 5.09 Å². The second kappa shape index (κ2) is 15.5. The van der Waals surface area contributed by atoms with Gasteiger partial charge >= 0.3 is 25.7 Å². The molecule has 0 amide bonds. The first kappa shape index (κ1) is 37.8. The van der Waals surface area contributed by atoms with Crippen LogP contribution in [0.5, 0.6) is 5.75 Å². The number of aliphatic carboxylic acids is 3. The molecule has 19 heteroatoms. The molecule has 1 aromatic carbocycles. The SMILES string of the molecule is CC(N)C(=O)C(N)(C(=O)O)C(C(=O)C(N)CCC(=O)O)(C(=O)C(N)CCC(=O)O)C(=O)C(Cc1ccc(O)cc1)NP(=O)=O. The van der Waals surface area contributed by atoms with Gasteiger partial charge in [-0.05, 0) is 43.9 Å². The summed E-state index contributed by atoms with van der Waals surface area (Å²) in [6.07, 6.45) is -4.08. The van der Waals surface area contributed by atoms with Gasteiger partial charge in [-0.3, -0.25) is 28.8 Å². The average Bonchev–Trinajstić information content (AvgIpc) is 2.94. The molecular formula is C25H34N5O13P. The number of carbonyl (C=O) groups is 7. The standard InChI is InChI=1S/C25H34N5O13P/c1-11(26)19(36)25(29,23(40)41)24(20(37)14(27)6-8-17(32)33,21(38)15(28)7-9-18(34)35)22(39)16(30-44(42)43)10-12-2-4-13(31)5-3-12/h2-5,11,14-16,31H,6-10,26-29H2,1H3,(H,32,33)(H,34,35)(H,40,41)(H,30,42,43). The quantitative estimate of drug-likeness (QED) is 0.0535. The predicted molar refractivity (Wildman–Crippen MR) is 147 cm³/mol. The topological polar surface area (TPSA) is 351 Å². The molecule has 5 unspecified atom stereocenters. The van der Waals surface area contributed by atoms with E-state index in [1.165, 1.54) is 12.1 Å². The number of nitrogens with one attached hydrogen (secondary N) is 1. The summed E-state index contributed by atoms with van der Waals surface area (Å²) >= 11 is 0. The number of nitrogens with two attached hydrogens (primary N) is 4. The normalized spacial score (nSPS) is 16.7. The molecule has 0 heterocycles. The van der Waals surface area contributed by atoms with Crippen molar-refractivity contribution in [3.05, 3.63) is 29.8 Å². The Morgan fingerprint density at radius 1 is 0.795 bits per heavy atom. The molecule has 0 radical (unpaired) electrons. The lowest BCUT2D eigenvalue weighted by Gasteiger charge is -2.44. The molecule has 0 aliphatic carbocycles. The third kappa shape index (κ3) is 8.25. The lowest BCUT2D eigenvalue weighted by molar-refractivity contribution is -0.171. The van der Waals surface area contributed by atoms with Crippen molar-refractivity contribution in [2.45, 2.75) is 68.7 Å². The van der Waals surface area contributed by atoms with Crippen LogP contribution < -0.4 is 28.0 Å². The number of phenols is 1. The van der Waals surface area contributed by atoms with Gasteiger partial charge in [-0.1, -0.05) is 12.1 Å². The maximum Gasteiger partial charge on any atom is 0.396 e. The minimum atomic E-state index is -3.97. The van der Waals surface area contributed by atoms with Gasteiger partial charge in [0, 0.05) is 12.8 Å². The number of rotatable bonds is 20. The lowest BCUT2D eigenvalue weighted by Crippen LogP contribution is -2.80. The summed E-state index contributed by atoms with van der Waals surface area (Å²) < 4.78 is 23.6. The summed E-state index contributed by atoms with van der Waals surface area (Å²) in [7, 11) is -3.76. The Kier molecular flexibility index (Phi) is 13.3. The second-order valence-electron chi connectivity index (χ2n) is 10.00. The molecule has 0 bridgehead atoms. The summed E-state index contributed by atoms with van der Waals surface area (Å²) in [6, 6.07) is -3.79. The highest BCUT2D eigenvalue weighted by Crippen LogP contribution is 2.40. The monoisotopic (exact) mass is 643 g/mol. The molecule has 1 rings (SSSR count). The van der Waals surface area contributed by atoms with Crippen LogP contribution >= 0.6 is 7.83 Å². The minimum absolute atomic E-state index is 0.0844. The van der Waals surface area contributed by atoms with Crippen LogP contribution in [0.4, 0.5) is 0 Å². The van der Waals surface area contributed by atoms with E-state index >= 15 is 0 Å². The fourth-order valence-electron chi connectivity index (χ4n) is 4.59. The summed E-state index contributed by atoms with van der Waals surface area (Å²) in [6.45, 7) is 0.909. The highest BCUT2D eigenvalue weighted by Gasteiger charge is 2.73. The average molecular weight is 644 g/mol. The molecule has 13 N–H and O–H groups in total. The highest BCUT2D eigenvalue weighted by atomic mass is 31.1. The van der Waals surface area contributed by atoms with E-state index in [1.807, 2.05) is 0 Å². The molecule has 0 saturated carbocycles. The number of aromatic hydroxyl groups is 1. The largest absolute Gasteiger partial charge is 0.508 e. The van der Waals surface area contributed by atoms with Crippen molar-refractivity contribution in [3.63, 3.8) is 0 Å². The second-order valence-corrected chi connectivity index (χ2v) is 10.8. The first-order chi connectivity index (χ1) is 20.2. The van der Waals surface area contributed by atoms with Gasteiger partial charge in [0.15, 0.2) is 28.5 Å². The Hall–Kier alpha value is -4.19. The maximum absolute atomic E-state index is 14.5. The van der Waals surface area contributed by atoms with Crippen molar-refractivity contribution in [2.75, 3.05) is 0 Å². The minimum Gasteiger partial charge on any atom is -0.508 e. The Labute approximate surface area is 250 Å². The molecule has 1 aromatic rings. The van der Waals surface area contributed by atoms with Gasteiger partial charge in [0.1, 0.15) is 5.75 Å². The first-order valence-corrected chi connectivity index (χ1v) is 14.0. The van der Waals surface area contributed by atoms with Crippen LogP contribution in [0.1, 0.15) is 38.2 Å². The van der Waals surface area contributed by atoms with Crippen molar-refractivity contribution >= 4 is 48.9 Å². The molecular weight excluding hydrogens is 609 g/mol. The van der Waals surface area contributed by atoms with Crippen molar-refractivity contribution in [1.29, 1.82) is 0 Å². The van der Waals surface area contributed by atoms with Crippen molar-refractivity contribution < 1.29 is 63.1 Å². The molecule has 18 nitrogen and oxygen atoms in total. The highest BCUT2D eigenvalue weighted by molar-refractivity contribution is 7.28. The smallest absolute Gasteiger partial charge is 0.396 e. The Morgan fingerprint density at radius 3 is 1.57 bits per heavy atom. The molecule has 0 fully saturated rings. The Morgan fingerprint density at radius 2 is 1.23 bits per heavy atom. The summed E-state index contributed by atoms with van der Waals surface area (Å²) in [4.78, 5) is 91.6. The predicted octanol–water partition coefficient (Wildman–Crippen LogP) is -2.24. The van der Waals surface area contributed by atoms with Crippen LogP contribution in [0.25, 0.3) is 0 Å². The Bertz CT molecular complexity index is 1330. The van der Waals surface area contributed by atoms with E-state index in [9.17, 15) is 52.9 Å². The third-order valence-corrected chi connectivity index (χ3v) is 7.33. The van der Waals surface area contributed by atoms with Gasteiger partial charge in [-0.2, -0.15) is 5.09 Å². The number of phenolic OH excluding ortho intramolecular Hbond substituents is 1. The lowest BCUT2D eigenvalue weighted by atomic mass is 9.55. The number of carbonyl (C=O) groups excluding carboxylic acids is 4. The van der Waals surface area contributed by atoms with E-state index < -0.39 is 116 Å². The first-order valence-electron chi connectivity index (χ1n) is 12.8. The molecule has 242 valence electrons. The van der Waals surface area contributed by atoms with Gasteiger partial charge in [0.2, 0.25) is 5.54 Å². The molecule has 0 spiro atoms. The number of ketones is 4. The number of benzene rings is 1.